The number of nitrogens with zero attached hydrogens (tertiary/aromatic N) is 1. The molecule has 0 fully saturated rings. The van der Waals surface area contributed by atoms with Gasteiger partial charge in [0, 0.05) is 16.9 Å². The molecule has 0 spiro atoms. The first-order chi connectivity index (χ1) is 8.22. The van der Waals surface area contributed by atoms with Crippen LogP contribution in [0.4, 0.5) is 0 Å². The van der Waals surface area contributed by atoms with Gasteiger partial charge in [0.2, 0.25) is 0 Å². The molecular formula is C13H14ClN3. The van der Waals surface area contributed by atoms with Crippen LogP contribution in [-0.4, -0.2) is 4.98 Å². The summed E-state index contributed by atoms with van der Waals surface area (Å²) in [5.41, 5.74) is 5.91. The Morgan fingerprint density at radius 1 is 1.24 bits per heavy atom. The van der Waals surface area contributed by atoms with Crippen LogP contribution in [0.1, 0.15) is 22.9 Å². The molecule has 17 heavy (non-hydrogen) atoms. The summed E-state index contributed by atoms with van der Waals surface area (Å²) in [5.74, 6) is 5.63. The quantitative estimate of drug-likeness (QED) is 0.648. The van der Waals surface area contributed by atoms with E-state index >= 15 is 0 Å². The molecule has 1 aromatic carbocycles. The van der Waals surface area contributed by atoms with Gasteiger partial charge in [0.05, 0.1) is 6.04 Å². The van der Waals surface area contributed by atoms with Crippen LogP contribution in [0.25, 0.3) is 0 Å². The molecule has 0 aliphatic carbocycles. The molecule has 0 aliphatic rings. The van der Waals surface area contributed by atoms with Crippen molar-refractivity contribution in [2.75, 3.05) is 0 Å². The van der Waals surface area contributed by atoms with Crippen molar-refractivity contribution in [3.8, 4) is 0 Å². The van der Waals surface area contributed by atoms with E-state index in [0.29, 0.717) is 5.02 Å². The topological polar surface area (TPSA) is 50.9 Å². The van der Waals surface area contributed by atoms with E-state index in [4.69, 9.17) is 17.4 Å². The molecule has 2 rings (SSSR count). The number of hydrazine groups is 1. The maximum Gasteiger partial charge on any atom is 0.0727 e. The third kappa shape index (κ3) is 2.64. The van der Waals surface area contributed by atoms with Crippen LogP contribution in [0.5, 0.6) is 0 Å². The Morgan fingerprint density at radius 3 is 2.53 bits per heavy atom. The average Bonchev–Trinajstić information content (AvgIpc) is 2.35. The van der Waals surface area contributed by atoms with Gasteiger partial charge in [-0.1, -0.05) is 29.8 Å². The standard InChI is InChI=1S/C13H14ClN3/c1-9-12(3-2-8-16-9)13(17-15)10-4-6-11(14)7-5-10/h2-8,13,17H,15H2,1H3. The van der Waals surface area contributed by atoms with E-state index in [0.717, 1.165) is 16.8 Å². The van der Waals surface area contributed by atoms with Crippen LogP contribution in [0.15, 0.2) is 42.6 Å². The molecule has 0 amide bonds. The normalized spacial score (nSPS) is 12.4. The lowest BCUT2D eigenvalue weighted by atomic mass is 9.98. The zero-order chi connectivity index (χ0) is 12.3. The van der Waals surface area contributed by atoms with Gasteiger partial charge in [-0.05, 0) is 36.2 Å². The second kappa shape index (κ2) is 5.27. The molecule has 0 radical (unpaired) electrons. The number of hydrogen-bond donors (Lipinski definition) is 2. The molecule has 2 aromatic rings. The lowest BCUT2D eigenvalue weighted by Crippen LogP contribution is -2.29. The van der Waals surface area contributed by atoms with Crippen LogP contribution in [0, 0.1) is 6.92 Å². The number of aryl methyl sites for hydroxylation is 1. The minimum Gasteiger partial charge on any atom is -0.271 e. The first-order valence-corrected chi connectivity index (χ1v) is 5.73. The van der Waals surface area contributed by atoms with Gasteiger partial charge >= 0.3 is 0 Å². The Labute approximate surface area is 106 Å². The summed E-state index contributed by atoms with van der Waals surface area (Å²) in [6, 6.07) is 11.5. The summed E-state index contributed by atoms with van der Waals surface area (Å²) in [5, 5.41) is 0.715. The fourth-order valence-corrected chi connectivity index (χ4v) is 1.95. The maximum atomic E-state index is 5.87. The van der Waals surface area contributed by atoms with E-state index in [-0.39, 0.29) is 6.04 Å². The molecule has 0 saturated carbocycles. The molecular weight excluding hydrogens is 234 g/mol. The van der Waals surface area contributed by atoms with E-state index < -0.39 is 0 Å². The second-order valence-corrected chi connectivity index (χ2v) is 4.27. The number of halogens is 1. The van der Waals surface area contributed by atoms with E-state index in [1.165, 1.54) is 0 Å². The van der Waals surface area contributed by atoms with Gasteiger partial charge in [-0.25, -0.2) is 5.43 Å². The molecule has 1 atom stereocenters. The van der Waals surface area contributed by atoms with Crippen LogP contribution in [-0.2, 0) is 0 Å². The monoisotopic (exact) mass is 247 g/mol. The largest absolute Gasteiger partial charge is 0.271 e. The molecule has 0 bridgehead atoms. The Morgan fingerprint density at radius 2 is 1.94 bits per heavy atom. The number of benzene rings is 1. The van der Waals surface area contributed by atoms with Crippen LogP contribution >= 0.6 is 11.6 Å². The molecule has 3 nitrogen and oxygen atoms in total. The molecule has 1 heterocycles. The number of rotatable bonds is 3. The van der Waals surface area contributed by atoms with Gasteiger partial charge in [-0.15, -0.1) is 0 Å². The van der Waals surface area contributed by atoms with Crippen LogP contribution < -0.4 is 11.3 Å². The lowest BCUT2D eigenvalue weighted by molar-refractivity contribution is 0.630. The molecule has 1 aromatic heterocycles. The summed E-state index contributed by atoms with van der Waals surface area (Å²) < 4.78 is 0. The van der Waals surface area contributed by atoms with E-state index in [2.05, 4.69) is 10.4 Å². The van der Waals surface area contributed by atoms with Gasteiger partial charge in [0.25, 0.3) is 0 Å². The third-order valence-corrected chi connectivity index (χ3v) is 2.98. The Bertz CT molecular complexity index is 496. The predicted molar refractivity (Wildman–Crippen MR) is 69.6 cm³/mol. The average molecular weight is 248 g/mol. The van der Waals surface area contributed by atoms with Crippen molar-refractivity contribution in [2.45, 2.75) is 13.0 Å². The number of hydrogen-bond acceptors (Lipinski definition) is 3. The lowest BCUT2D eigenvalue weighted by Gasteiger charge is -2.18. The van der Waals surface area contributed by atoms with E-state index in [1.807, 2.05) is 43.3 Å². The van der Waals surface area contributed by atoms with Crippen LogP contribution in [0.3, 0.4) is 0 Å². The highest BCUT2D eigenvalue weighted by Crippen LogP contribution is 2.24. The van der Waals surface area contributed by atoms with Crippen molar-refractivity contribution in [2.24, 2.45) is 5.84 Å². The number of pyridine rings is 1. The SMILES string of the molecule is Cc1ncccc1C(NN)c1ccc(Cl)cc1. The van der Waals surface area contributed by atoms with Crippen molar-refractivity contribution in [1.29, 1.82) is 0 Å². The smallest absolute Gasteiger partial charge is 0.0727 e. The highest BCUT2D eigenvalue weighted by atomic mass is 35.5. The van der Waals surface area contributed by atoms with Crippen molar-refractivity contribution in [1.82, 2.24) is 10.4 Å². The molecule has 0 aliphatic heterocycles. The summed E-state index contributed by atoms with van der Waals surface area (Å²) >= 11 is 5.87. The fourth-order valence-electron chi connectivity index (χ4n) is 1.82. The summed E-state index contributed by atoms with van der Waals surface area (Å²) in [6.07, 6.45) is 1.77. The maximum absolute atomic E-state index is 5.87. The minimum atomic E-state index is -0.0685. The number of nitrogens with one attached hydrogen (secondary N) is 1. The van der Waals surface area contributed by atoms with Gasteiger partial charge in [0.1, 0.15) is 0 Å². The molecule has 0 saturated heterocycles. The fraction of sp³-hybridized carbons (Fsp3) is 0.154. The number of aromatic nitrogens is 1. The van der Waals surface area contributed by atoms with Crippen molar-refractivity contribution in [3.63, 3.8) is 0 Å². The van der Waals surface area contributed by atoms with E-state index in [1.54, 1.807) is 6.20 Å². The second-order valence-electron chi connectivity index (χ2n) is 3.83. The first kappa shape index (κ1) is 12.0. The molecule has 88 valence electrons. The summed E-state index contributed by atoms with van der Waals surface area (Å²) in [4.78, 5) is 4.27. The Balaban J connectivity index is 2.40. The minimum absolute atomic E-state index is 0.0685. The predicted octanol–water partition coefficient (Wildman–Crippen LogP) is 2.60. The summed E-state index contributed by atoms with van der Waals surface area (Å²) in [6.45, 7) is 1.97. The van der Waals surface area contributed by atoms with Gasteiger partial charge in [0.15, 0.2) is 0 Å². The van der Waals surface area contributed by atoms with Crippen molar-refractivity contribution < 1.29 is 0 Å². The number of nitrogens with two attached hydrogens (primary N) is 1. The summed E-state index contributed by atoms with van der Waals surface area (Å²) in [7, 11) is 0. The van der Waals surface area contributed by atoms with Crippen molar-refractivity contribution >= 4 is 11.6 Å². The highest BCUT2D eigenvalue weighted by Gasteiger charge is 2.14. The van der Waals surface area contributed by atoms with Gasteiger partial charge in [-0.2, -0.15) is 0 Å². The van der Waals surface area contributed by atoms with E-state index in [9.17, 15) is 0 Å². The first-order valence-electron chi connectivity index (χ1n) is 5.35. The van der Waals surface area contributed by atoms with Crippen molar-refractivity contribution in [3.05, 3.63) is 64.4 Å². The van der Waals surface area contributed by atoms with Gasteiger partial charge in [-0.3, -0.25) is 10.8 Å². The van der Waals surface area contributed by atoms with Crippen LogP contribution in [0.2, 0.25) is 5.02 Å². The zero-order valence-corrected chi connectivity index (χ0v) is 10.3. The van der Waals surface area contributed by atoms with Gasteiger partial charge < -0.3 is 0 Å². The third-order valence-electron chi connectivity index (χ3n) is 2.73. The molecule has 3 N–H and O–H groups in total. The zero-order valence-electron chi connectivity index (χ0n) is 9.52. The molecule has 1 unspecified atom stereocenters. The Kier molecular flexibility index (Phi) is 3.74. The Hall–Kier alpha value is -1.42. The molecule has 4 heteroatoms. The highest BCUT2D eigenvalue weighted by molar-refractivity contribution is 6.30.